The molecule has 3 N–H and O–H groups in total. The Morgan fingerprint density at radius 2 is 2.07 bits per heavy atom. The molecule has 76 valence electrons. The van der Waals surface area contributed by atoms with Gasteiger partial charge in [0, 0.05) is 6.04 Å². The molecule has 0 aromatic heterocycles. The Balaban J connectivity index is 2.56. The van der Waals surface area contributed by atoms with Gasteiger partial charge in [0.05, 0.1) is 6.54 Å². The van der Waals surface area contributed by atoms with Gasteiger partial charge < -0.3 is 11.1 Å². The van der Waals surface area contributed by atoms with E-state index in [1.165, 1.54) is 12.1 Å². The first-order valence-corrected chi connectivity index (χ1v) is 4.36. The molecule has 0 aliphatic carbocycles. The van der Waals surface area contributed by atoms with Crippen LogP contribution in [0.25, 0.3) is 0 Å². The van der Waals surface area contributed by atoms with Crippen LogP contribution < -0.4 is 11.1 Å². The minimum atomic E-state index is -0.404. The lowest BCUT2D eigenvalue weighted by Gasteiger charge is -2.12. The van der Waals surface area contributed by atoms with Gasteiger partial charge in [0.15, 0.2) is 0 Å². The SMILES string of the molecule is C[C@H](NCC(N)=O)c1ccc(F)cc1. The van der Waals surface area contributed by atoms with Crippen LogP contribution in [-0.2, 0) is 4.79 Å². The number of carbonyl (C=O) groups excluding carboxylic acids is 1. The summed E-state index contributed by atoms with van der Waals surface area (Å²) < 4.78 is 12.6. The van der Waals surface area contributed by atoms with Crippen LogP contribution in [-0.4, -0.2) is 12.5 Å². The fourth-order valence-electron chi connectivity index (χ4n) is 1.12. The minimum Gasteiger partial charge on any atom is -0.369 e. The number of hydrogen-bond donors (Lipinski definition) is 2. The Morgan fingerprint density at radius 1 is 1.50 bits per heavy atom. The standard InChI is InChI=1S/C10H13FN2O/c1-7(13-6-10(12)14)8-2-4-9(11)5-3-8/h2-5,7,13H,6H2,1H3,(H2,12,14)/t7-/m0/s1. The average Bonchev–Trinajstić information content (AvgIpc) is 2.15. The molecule has 1 atom stereocenters. The van der Waals surface area contributed by atoms with Crippen molar-refractivity contribution >= 4 is 5.91 Å². The molecule has 0 heterocycles. The molecule has 0 aliphatic heterocycles. The van der Waals surface area contributed by atoms with Crippen LogP contribution in [0.4, 0.5) is 4.39 Å². The fraction of sp³-hybridized carbons (Fsp3) is 0.300. The van der Waals surface area contributed by atoms with Crippen molar-refractivity contribution in [3.8, 4) is 0 Å². The number of hydrogen-bond acceptors (Lipinski definition) is 2. The highest BCUT2D eigenvalue weighted by molar-refractivity contribution is 5.75. The van der Waals surface area contributed by atoms with Crippen molar-refractivity contribution in [2.75, 3.05) is 6.54 Å². The Kier molecular flexibility index (Phi) is 3.59. The normalized spacial score (nSPS) is 12.4. The first kappa shape index (κ1) is 10.7. The summed E-state index contributed by atoms with van der Waals surface area (Å²) >= 11 is 0. The molecule has 1 aromatic carbocycles. The molecule has 0 radical (unpaired) electrons. The molecule has 0 fully saturated rings. The molecule has 4 heteroatoms. The number of halogens is 1. The molecule has 0 saturated carbocycles. The van der Waals surface area contributed by atoms with E-state index in [1.54, 1.807) is 12.1 Å². The maximum atomic E-state index is 12.6. The maximum absolute atomic E-state index is 12.6. The quantitative estimate of drug-likeness (QED) is 0.753. The number of carbonyl (C=O) groups is 1. The third-order valence-electron chi connectivity index (χ3n) is 1.95. The van der Waals surface area contributed by atoms with Crippen molar-refractivity contribution in [2.24, 2.45) is 5.73 Å². The highest BCUT2D eigenvalue weighted by Crippen LogP contribution is 2.11. The molecule has 1 rings (SSSR count). The second kappa shape index (κ2) is 4.72. The predicted molar refractivity (Wildman–Crippen MR) is 52.0 cm³/mol. The van der Waals surface area contributed by atoms with Crippen LogP contribution in [0, 0.1) is 5.82 Å². The molecule has 0 unspecified atom stereocenters. The van der Waals surface area contributed by atoms with E-state index in [9.17, 15) is 9.18 Å². The van der Waals surface area contributed by atoms with E-state index in [4.69, 9.17) is 5.73 Å². The van der Waals surface area contributed by atoms with Crippen molar-refractivity contribution < 1.29 is 9.18 Å². The predicted octanol–water partition coefficient (Wildman–Crippen LogP) is 0.962. The van der Waals surface area contributed by atoms with Gasteiger partial charge >= 0.3 is 0 Å². The maximum Gasteiger partial charge on any atom is 0.231 e. The van der Waals surface area contributed by atoms with Crippen LogP contribution in [0.15, 0.2) is 24.3 Å². The Hall–Kier alpha value is -1.42. The summed E-state index contributed by atoms with van der Waals surface area (Å²) in [7, 11) is 0. The smallest absolute Gasteiger partial charge is 0.231 e. The van der Waals surface area contributed by atoms with Gasteiger partial charge in [0.2, 0.25) is 5.91 Å². The van der Waals surface area contributed by atoms with Crippen molar-refractivity contribution in [3.05, 3.63) is 35.6 Å². The van der Waals surface area contributed by atoms with Crippen LogP contribution in [0.1, 0.15) is 18.5 Å². The Bertz CT molecular complexity index is 310. The number of nitrogens with two attached hydrogens (primary N) is 1. The van der Waals surface area contributed by atoms with Crippen molar-refractivity contribution in [1.29, 1.82) is 0 Å². The molecular formula is C10H13FN2O. The summed E-state index contributed by atoms with van der Waals surface area (Å²) in [6.07, 6.45) is 0. The topological polar surface area (TPSA) is 55.1 Å². The largest absolute Gasteiger partial charge is 0.369 e. The lowest BCUT2D eigenvalue weighted by Crippen LogP contribution is -2.30. The van der Waals surface area contributed by atoms with E-state index in [-0.39, 0.29) is 18.4 Å². The second-order valence-corrected chi connectivity index (χ2v) is 3.12. The minimum absolute atomic E-state index is 0.0110. The van der Waals surface area contributed by atoms with E-state index >= 15 is 0 Å². The third kappa shape index (κ3) is 3.14. The Morgan fingerprint density at radius 3 is 2.57 bits per heavy atom. The second-order valence-electron chi connectivity index (χ2n) is 3.12. The third-order valence-corrected chi connectivity index (χ3v) is 1.95. The summed E-state index contributed by atoms with van der Waals surface area (Å²) in [6.45, 7) is 2.01. The monoisotopic (exact) mass is 196 g/mol. The molecule has 14 heavy (non-hydrogen) atoms. The van der Waals surface area contributed by atoms with Gasteiger partial charge in [-0.3, -0.25) is 4.79 Å². The molecule has 1 aromatic rings. The first-order chi connectivity index (χ1) is 6.59. The van der Waals surface area contributed by atoms with Crippen LogP contribution in [0.2, 0.25) is 0 Å². The van der Waals surface area contributed by atoms with Gasteiger partial charge in [-0.25, -0.2) is 4.39 Å². The van der Waals surface area contributed by atoms with Crippen LogP contribution in [0.3, 0.4) is 0 Å². The molecule has 1 amide bonds. The molecule has 0 bridgehead atoms. The number of nitrogens with one attached hydrogen (secondary N) is 1. The zero-order valence-corrected chi connectivity index (χ0v) is 7.96. The van der Waals surface area contributed by atoms with Crippen LogP contribution >= 0.6 is 0 Å². The number of benzene rings is 1. The average molecular weight is 196 g/mol. The molecule has 3 nitrogen and oxygen atoms in total. The lowest BCUT2D eigenvalue weighted by molar-refractivity contribution is -0.117. The highest BCUT2D eigenvalue weighted by Gasteiger charge is 2.05. The van der Waals surface area contributed by atoms with Gasteiger partial charge in [-0.15, -0.1) is 0 Å². The van der Waals surface area contributed by atoms with E-state index in [0.717, 1.165) is 5.56 Å². The van der Waals surface area contributed by atoms with Crippen molar-refractivity contribution in [2.45, 2.75) is 13.0 Å². The molecule has 0 aliphatic rings. The summed E-state index contributed by atoms with van der Waals surface area (Å²) in [4.78, 5) is 10.5. The van der Waals surface area contributed by atoms with E-state index in [1.807, 2.05) is 6.92 Å². The van der Waals surface area contributed by atoms with Gasteiger partial charge in [-0.05, 0) is 24.6 Å². The first-order valence-electron chi connectivity index (χ1n) is 4.36. The Labute approximate surface area is 82.1 Å². The lowest BCUT2D eigenvalue weighted by atomic mass is 10.1. The zero-order chi connectivity index (χ0) is 10.6. The molecule has 0 saturated heterocycles. The van der Waals surface area contributed by atoms with E-state index in [0.29, 0.717) is 0 Å². The highest BCUT2D eigenvalue weighted by atomic mass is 19.1. The van der Waals surface area contributed by atoms with Gasteiger partial charge in [0.1, 0.15) is 5.82 Å². The zero-order valence-electron chi connectivity index (χ0n) is 7.96. The molecule has 0 spiro atoms. The summed E-state index contributed by atoms with van der Waals surface area (Å²) in [5.74, 6) is -0.671. The summed E-state index contributed by atoms with van der Waals surface area (Å²) in [6, 6.07) is 6.11. The van der Waals surface area contributed by atoms with Crippen molar-refractivity contribution in [1.82, 2.24) is 5.32 Å². The van der Waals surface area contributed by atoms with Gasteiger partial charge in [0.25, 0.3) is 0 Å². The van der Waals surface area contributed by atoms with Gasteiger partial charge in [-0.1, -0.05) is 12.1 Å². The number of primary amides is 1. The van der Waals surface area contributed by atoms with Crippen LogP contribution in [0.5, 0.6) is 0 Å². The summed E-state index contributed by atoms with van der Waals surface area (Å²) in [5.41, 5.74) is 5.91. The van der Waals surface area contributed by atoms with E-state index in [2.05, 4.69) is 5.32 Å². The number of amides is 1. The van der Waals surface area contributed by atoms with Crippen molar-refractivity contribution in [3.63, 3.8) is 0 Å². The fourth-order valence-corrected chi connectivity index (χ4v) is 1.12. The van der Waals surface area contributed by atoms with Gasteiger partial charge in [-0.2, -0.15) is 0 Å². The summed E-state index contributed by atoms with van der Waals surface area (Å²) in [5, 5.41) is 2.92. The molecular weight excluding hydrogens is 183 g/mol. The number of rotatable bonds is 4. The van der Waals surface area contributed by atoms with E-state index < -0.39 is 5.91 Å².